The van der Waals surface area contributed by atoms with Crippen LogP contribution in [0.1, 0.15) is 48.2 Å². The molecule has 0 radical (unpaired) electrons. The zero-order chi connectivity index (χ0) is 14.7. The van der Waals surface area contributed by atoms with Crippen molar-refractivity contribution in [2.24, 2.45) is 0 Å². The summed E-state index contributed by atoms with van der Waals surface area (Å²) >= 11 is 0. The molecule has 0 atom stereocenters. The highest BCUT2D eigenvalue weighted by molar-refractivity contribution is 5.94. The number of aryl methyl sites for hydroxylation is 1. The summed E-state index contributed by atoms with van der Waals surface area (Å²) < 4.78 is 5.87. The second-order valence-electron chi connectivity index (χ2n) is 5.42. The molecule has 2 nitrogen and oxygen atoms in total. The predicted octanol–water partition coefficient (Wildman–Crippen LogP) is 5.11. The minimum Gasteiger partial charge on any atom is -0.457 e. The standard InChI is InChI=1S/C18H20O2/c1-12(2)16-9-13(3)10-18(11-16)20-17-7-5-15(6-8-17)14(4)19/h5-12H,1-4H3. The first-order valence-electron chi connectivity index (χ1n) is 6.86. The van der Waals surface area contributed by atoms with Gasteiger partial charge in [-0.2, -0.15) is 0 Å². The van der Waals surface area contributed by atoms with Gasteiger partial charge in [0.1, 0.15) is 11.5 Å². The Hall–Kier alpha value is -2.09. The van der Waals surface area contributed by atoms with Crippen LogP contribution in [-0.4, -0.2) is 5.78 Å². The fourth-order valence-electron chi connectivity index (χ4n) is 2.06. The largest absolute Gasteiger partial charge is 0.457 e. The number of ketones is 1. The van der Waals surface area contributed by atoms with E-state index in [1.54, 1.807) is 19.1 Å². The van der Waals surface area contributed by atoms with Gasteiger partial charge in [-0.15, -0.1) is 0 Å². The fourth-order valence-corrected chi connectivity index (χ4v) is 2.06. The average Bonchev–Trinajstić information content (AvgIpc) is 2.38. The van der Waals surface area contributed by atoms with Crippen LogP contribution in [0.15, 0.2) is 42.5 Å². The Kier molecular flexibility index (Phi) is 4.23. The molecule has 0 aliphatic rings. The number of hydrogen-bond acceptors (Lipinski definition) is 2. The Bertz CT molecular complexity index is 610. The van der Waals surface area contributed by atoms with E-state index in [0.717, 1.165) is 11.5 Å². The Balaban J connectivity index is 2.23. The van der Waals surface area contributed by atoms with E-state index < -0.39 is 0 Å². The third-order valence-electron chi connectivity index (χ3n) is 3.24. The van der Waals surface area contributed by atoms with Gasteiger partial charge in [0.2, 0.25) is 0 Å². The van der Waals surface area contributed by atoms with E-state index in [-0.39, 0.29) is 5.78 Å². The monoisotopic (exact) mass is 268 g/mol. The quantitative estimate of drug-likeness (QED) is 0.720. The molecule has 104 valence electrons. The van der Waals surface area contributed by atoms with Gasteiger partial charge in [0, 0.05) is 5.56 Å². The van der Waals surface area contributed by atoms with Crippen molar-refractivity contribution >= 4 is 5.78 Å². The van der Waals surface area contributed by atoms with Crippen molar-refractivity contribution in [1.29, 1.82) is 0 Å². The van der Waals surface area contributed by atoms with Gasteiger partial charge >= 0.3 is 0 Å². The van der Waals surface area contributed by atoms with Gasteiger partial charge in [0.05, 0.1) is 0 Å². The van der Waals surface area contributed by atoms with Crippen LogP contribution in [0.3, 0.4) is 0 Å². The molecular weight excluding hydrogens is 248 g/mol. The molecule has 0 N–H and O–H groups in total. The molecule has 0 aliphatic heterocycles. The van der Waals surface area contributed by atoms with Crippen LogP contribution < -0.4 is 4.74 Å². The minimum absolute atomic E-state index is 0.0641. The number of carbonyl (C=O) groups excluding carboxylic acids is 1. The summed E-state index contributed by atoms with van der Waals surface area (Å²) in [5.74, 6) is 2.12. The van der Waals surface area contributed by atoms with Crippen molar-refractivity contribution in [2.45, 2.75) is 33.6 Å². The first-order chi connectivity index (χ1) is 9.45. The second-order valence-corrected chi connectivity index (χ2v) is 5.42. The zero-order valence-electron chi connectivity index (χ0n) is 12.4. The highest BCUT2D eigenvalue weighted by Crippen LogP contribution is 2.27. The summed E-state index contributed by atoms with van der Waals surface area (Å²) in [6.45, 7) is 7.96. The minimum atomic E-state index is 0.0641. The van der Waals surface area contributed by atoms with E-state index in [0.29, 0.717) is 11.5 Å². The van der Waals surface area contributed by atoms with Crippen LogP contribution in [0.2, 0.25) is 0 Å². The molecule has 20 heavy (non-hydrogen) atoms. The van der Waals surface area contributed by atoms with Crippen LogP contribution in [0.4, 0.5) is 0 Å². The van der Waals surface area contributed by atoms with Crippen LogP contribution in [0, 0.1) is 6.92 Å². The molecular formula is C18H20O2. The van der Waals surface area contributed by atoms with Crippen LogP contribution in [0.5, 0.6) is 11.5 Å². The topological polar surface area (TPSA) is 26.3 Å². The van der Waals surface area contributed by atoms with Crippen molar-refractivity contribution in [2.75, 3.05) is 0 Å². The van der Waals surface area contributed by atoms with E-state index >= 15 is 0 Å². The van der Waals surface area contributed by atoms with E-state index in [9.17, 15) is 4.79 Å². The molecule has 0 saturated carbocycles. The Morgan fingerprint density at radius 1 is 1.00 bits per heavy atom. The Labute approximate surface area is 120 Å². The first kappa shape index (κ1) is 14.3. The number of rotatable bonds is 4. The molecule has 2 rings (SSSR count). The van der Waals surface area contributed by atoms with E-state index in [1.807, 2.05) is 18.2 Å². The maximum atomic E-state index is 11.2. The smallest absolute Gasteiger partial charge is 0.159 e. The number of Topliss-reactive ketones (excluding diaryl/α,β-unsaturated/α-hetero) is 1. The highest BCUT2D eigenvalue weighted by Gasteiger charge is 2.05. The summed E-state index contributed by atoms with van der Waals surface area (Å²) in [6, 6.07) is 13.5. The summed E-state index contributed by atoms with van der Waals surface area (Å²) in [5.41, 5.74) is 3.15. The molecule has 0 spiro atoms. The van der Waals surface area contributed by atoms with Crippen molar-refractivity contribution in [1.82, 2.24) is 0 Å². The van der Waals surface area contributed by atoms with Crippen molar-refractivity contribution in [3.63, 3.8) is 0 Å². The third kappa shape index (κ3) is 3.47. The summed E-state index contributed by atoms with van der Waals surface area (Å²) in [4.78, 5) is 11.2. The van der Waals surface area contributed by atoms with Crippen LogP contribution in [-0.2, 0) is 0 Å². The van der Waals surface area contributed by atoms with Crippen molar-refractivity contribution in [3.8, 4) is 11.5 Å². The van der Waals surface area contributed by atoms with Gasteiger partial charge < -0.3 is 4.74 Å². The SMILES string of the molecule is CC(=O)c1ccc(Oc2cc(C)cc(C(C)C)c2)cc1. The lowest BCUT2D eigenvalue weighted by atomic mass is 10.0. The van der Waals surface area contributed by atoms with E-state index in [1.165, 1.54) is 11.1 Å². The van der Waals surface area contributed by atoms with Crippen LogP contribution in [0.25, 0.3) is 0 Å². The lowest BCUT2D eigenvalue weighted by molar-refractivity contribution is 0.101. The number of carbonyl (C=O) groups is 1. The molecule has 2 aromatic carbocycles. The average molecular weight is 268 g/mol. The number of ether oxygens (including phenoxy) is 1. The maximum absolute atomic E-state index is 11.2. The number of hydrogen-bond donors (Lipinski definition) is 0. The highest BCUT2D eigenvalue weighted by atomic mass is 16.5. The van der Waals surface area contributed by atoms with Gasteiger partial charge in [-0.05, 0) is 67.3 Å². The Morgan fingerprint density at radius 3 is 2.20 bits per heavy atom. The Morgan fingerprint density at radius 2 is 1.65 bits per heavy atom. The summed E-state index contributed by atoms with van der Waals surface area (Å²) in [7, 11) is 0. The summed E-state index contributed by atoms with van der Waals surface area (Å²) in [6.07, 6.45) is 0. The molecule has 0 bridgehead atoms. The zero-order valence-corrected chi connectivity index (χ0v) is 12.4. The molecule has 0 fully saturated rings. The van der Waals surface area contributed by atoms with Gasteiger partial charge in [-0.3, -0.25) is 4.79 Å². The van der Waals surface area contributed by atoms with Gasteiger partial charge in [-0.1, -0.05) is 19.9 Å². The number of benzene rings is 2. The summed E-state index contributed by atoms with van der Waals surface area (Å²) in [5, 5.41) is 0. The molecule has 0 unspecified atom stereocenters. The first-order valence-corrected chi connectivity index (χ1v) is 6.86. The molecule has 2 aromatic rings. The molecule has 0 aromatic heterocycles. The van der Waals surface area contributed by atoms with Crippen molar-refractivity contribution in [3.05, 3.63) is 59.2 Å². The van der Waals surface area contributed by atoms with E-state index in [4.69, 9.17) is 4.74 Å². The van der Waals surface area contributed by atoms with Crippen LogP contribution >= 0.6 is 0 Å². The molecule has 2 heteroatoms. The second kappa shape index (κ2) is 5.91. The molecule has 0 amide bonds. The molecule has 0 aliphatic carbocycles. The van der Waals surface area contributed by atoms with E-state index in [2.05, 4.69) is 32.9 Å². The lowest BCUT2D eigenvalue weighted by Crippen LogP contribution is -1.93. The van der Waals surface area contributed by atoms with Gasteiger partial charge in [-0.25, -0.2) is 0 Å². The van der Waals surface area contributed by atoms with Crippen molar-refractivity contribution < 1.29 is 9.53 Å². The molecule has 0 heterocycles. The third-order valence-corrected chi connectivity index (χ3v) is 3.24. The molecule has 0 saturated heterocycles. The normalized spacial score (nSPS) is 10.7. The fraction of sp³-hybridized carbons (Fsp3) is 0.278. The van der Waals surface area contributed by atoms with Gasteiger partial charge in [0.15, 0.2) is 5.78 Å². The van der Waals surface area contributed by atoms with Gasteiger partial charge in [0.25, 0.3) is 0 Å². The lowest BCUT2D eigenvalue weighted by Gasteiger charge is -2.11. The predicted molar refractivity (Wildman–Crippen MR) is 81.8 cm³/mol. The maximum Gasteiger partial charge on any atom is 0.159 e.